The molecule has 0 bridgehead atoms. The van der Waals surface area contributed by atoms with Crippen LogP contribution in [0.2, 0.25) is 0 Å². The molecule has 0 fully saturated rings. The Morgan fingerprint density at radius 3 is 2.24 bits per heavy atom. The number of para-hydroxylation sites is 1. The monoisotopic (exact) mass is 395 g/mol. The van der Waals surface area contributed by atoms with Crippen molar-refractivity contribution in [2.75, 3.05) is 27.9 Å². The molecule has 1 aromatic heterocycles. The van der Waals surface area contributed by atoms with Gasteiger partial charge in [-0.1, -0.05) is 18.2 Å². The summed E-state index contributed by atoms with van der Waals surface area (Å²) in [5, 5.41) is 7.35. The zero-order valence-electron chi connectivity index (χ0n) is 17.1. The first-order chi connectivity index (χ1) is 14.1. The SMILES string of the molecule is COc1cc(OC)c(CCNC(=O)c2cc(C)n(-c3ccccc3)n2)c(OC)c1. The van der Waals surface area contributed by atoms with Crippen molar-refractivity contribution in [3.05, 3.63) is 65.5 Å². The van der Waals surface area contributed by atoms with E-state index in [1.54, 1.807) is 44.2 Å². The molecule has 0 spiro atoms. The van der Waals surface area contributed by atoms with Gasteiger partial charge in [-0.05, 0) is 31.5 Å². The number of aromatic nitrogens is 2. The zero-order chi connectivity index (χ0) is 20.8. The Bertz CT molecular complexity index is 958. The van der Waals surface area contributed by atoms with Crippen LogP contribution in [-0.2, 0) is 6.42 Å². The second kappa shape index (κ2) is 9.14. The maximum absolute atomic E-state index is 12.6. The van der Waals surface area contributed by atoms with Crippen LogP contribution in [-0.4, -0.2) is 43.6 Å². The summed E-state index contributed by atoms with van der Waals surface area (Å²) in [5.41, 5.74) is 3.04. The highest BCUT2D eigenvalue weighted by Gasteiger charge is 2.16. The summed E-state index contributed by atoms with van der Waals surface area (Å²) in [4.78, 5) is 12.6. The third kappa shape index (κ3) is 4.51. The molecule has 0 unspecified atom stereocenters. The molecule has 0 aliphatic rings. The molecular weight excluding hydrogens is 370 g/mol. The molecule has 7 nitrogen and oxygen atoms in total. The van der Waals surface area contributed by atoms with Crippen molar-refractivity contribution >= 4 is 5.91 Å². The van der Waals surface area contributed by atoms with Crippen molar-refractivity contribution in [3.8, 4) is 22.9 Å². The molecule has 1 N–H and O–H groups in total. The highest BCUT2D eigenvalue weighted by Crippen LogP contribution is 2.34. The molecule has 152 valence electrons. The van der Waals surface area contributed by atoms with Crippen LogP contribution in [0, 0.1) is 6.92 Å². The Balaban J connectivity index is 1.70. The van der Waals surface area contributed by atoms with Gasteiger partial charge in [-0.15, -0.1) is 0 Å². The number of aryl methyl sites for hydroxylation is 1. The molecule has 29 heavy (non-hydrogen) atoms. The summed E-state index contributed by atoms with van der Waals surface area (Å²) in [7, 11) is 4.77. The fraction of sp³-hybridized carbons (Fsp3) is 0.273. The van der Waals surface area contributed by atoms with E-state index in [1.807, 2.05) is 37.3 Å². The largest absolute Gasteiger partial charge is 0.496 e. The summed E-state index contributed by atoms with van der Waals surface area (Å²) >= 11 is 0. The summed E-state index contributed by atoms with van der Waals surface area (Å²) < 4.78 is 17.9. The lowest BCUT2D eigenvalue weighted by molar-refractivity contribution is 0.0948. The predicted molar refractivity (Wildman–Crippen MR) is 110 cm³/mol. The summed E-state index contributed by atoms with van der Waals surface area (Å²) in [6, 6.07) is 15.1. The van der Waals surface area contributed by atoms with E-state index in [2.05, 4.69) is 10.4 Å². The minimum Gasteiger partial charge on any atom is -0.496 e. The highest BCUT2D eigenvalue weighted by molar-refractivity contribution is 5.92. The first kappa shape index (κ1) is 20.3. The van der Waals surface area contributed by atoms with E-state index in [1.165, 1.54) is 0 Å². The van der Waals surface area contributed by atoms with Gasteiger partial charge in [0.1, 0.15) is 17.2 Å². The fourth-order valence-electron chi connectivity index (χ4n) is 3.13. The molecule has 0 aliphatic heterocycles. The quantitative estimate of drug-likeness (QED) is 0.634. The van der Waals surface area contributed by atoms with Gasteiger partial charge in [-0.3, -0.25) is 4.79 Å². The molecule has 0 aliphatic carbocycles. The molecule has 3 rings (SSSR count). The normalized spacial score (nSPS) is 10.5. The van der Waals surface area contributed by atoms with E-state index in [9.17, 15) is 4.79 Å². The van der Waals surface area contributed by atoms with Gasteiger partial charge in [0.25, 0.3) is 5.91 Å². The van der Waals surface area contributed by atoms with Crippen LogP contribution < -0.4 is 19.5 Å². The van der Waals surface area contributed by atoms with Gasteiger partial charge >= 0.3 is 0 Å². The minimum atomic E-state index is -0.228. The van der Waals surface area contributed by atoms with Gasteiger partial charge in [0.2, 0.25) is 0 Å². The molecule has 1 amide bonds. The molecule has 0 saturated heterocycles. The Morgan fingerprint density at radius 1 is 1.00 bits per heavy atom. The molecule has 1 heterocycles. The number of benzene rings is 2. The second-order valence-corrected chi connectivity index (χ2v) is 6.43. The number of methoxy groups -OCH3 is 3. The average molecular weight is 395 g/mol. The van der Waals surface area contributed by atoms with Crippen LogP contribution in [0.1, 0.15) is 21.7 Å². The summed E-state index contributed by atoms with van der Waals surface area (Å²) in [6.07, 6.45) is 0.542. The Kier molecular flexibility index (Phi) is 6.39. The lowest BCUT2D eigenvalue weighted by atomic mass is 10.1. The van der Waals surface area contributed by atoms with E-state index in [0.29, 0.717) is 35.9 Å². The first-order valence-electron chi connectivity index (χ1n) is 9.26. The number of carbonyl (C=O) groups excluding carboxylic acids is 1. The number of amides is 1. The topological polar surface area (TPSA) is 74.6 Å². The number of ether oxygens (including phenoxy) is 3. The summed E-state index contributed by atoms with van der Waals surface area (Å²) in [6.45, 7) is 2.33. The first-order valence-corrected chi connectivity index (χ1v) is 9.26. The molecule has 3 aromatic rings. The molecule has 7 heteroatoms. The number of nitrogens with one attached hydrogen (secondary N) is 1. The molecule has 0 atom stereocenters. The van der Waals surface area contributed by atoms with Crippen molar-refractivity contribution in [1.82, 2.24) is 15.1 Å². The lowest BCUT2D eigenvalue weighted by Crippen LogP contribution is -2.26. The number of hydrogen-bond donors (Lipinski definition) is 1. The van der Waals surface area contributed by atoms with E-state index in [4.69, 9.17) is 14.2 Å². The molecule has 2 aromatic carbocycles. The van der Waals surface area contributed by atoms with E-state index in [0.717, 1.165) is 16.9 Å². The van der Waals surface area contributed by atoms with Crippen molar-refractivity contribution in [1.29, 1.82) is 0 Å². The van der Waals surface area contributed by atoms with Crippen LogP contribution in [0.15, 0.2) is 48.5 Å². The third-order valence-corrected chi connectivity index (χ3v) is 4.60. The highest BCUT2D eigenvalue weighted by atomic mass is 16.5. The van der Waals surface area contributed by atoms with Crippen molar-refractivity contribution in [2.24, 2.45) is 0 Å². The third-order valence-electron chi connectivity index (χ3n) is 4.60. The van der Waals surface area contributed by atoms with Crippen molar-refractivity contribution in [3.63, 3.8) is 0 Å². The van der Waals surface area contributed by atoms with E-state index in [-0.39, 0.29) is 5.91 Å². The number of carbonyl (C=O) groups is 1. The van der Waals surface area contributed by atoms with Crippen LogP contribution in [0.25, 0.3) is 5.69 Å². The van der Waals surface area contributed by atoms with Crippen molar-refractivity contribution < 1.29 is 19.0 Å². The Hall–Kier alpha value is -3.48. The van der Waals surface area contributed by atoms with Crippen LogP contribution in [0.3, 0.4) is 0 Å². The Morgan fingerprint density at radius 2 is 1.66 bits per heavy atom. The molecule has 0 radical (unpaired) electrons. The van der Waals surface area contributed by atoms with E-state index >= 15 is 0 Å². The van der Waals surface area contributed by atoms with Crippen LogP contribution >= 0.6 is 0 Å². The average Bonchev–Trinajstić information content (AvgIpc) is 3.15. The Labute approximate surface area is 170 Å². The fourth-order valence-corrected chi connectivity index (χ4v) is 3.13. The number of nitrogens with zero attached hydrogens (tertiary/aromatic N) is 2. The van der Waals surface area contributed by atoms with Gasteiger partial charge < -0.3 is 19.5 Å². The smallest absolute Gasteiger partial charge is 0.271 e. The maximum Gasteiger partial charge on any atom is 0.271 e. The summed E-state index contributed by atoms with van der Waals surface area (Å²) in [5.74, 6) is 1.72. The standard InChI is InChI=1S/C22H25N3O4/c1-15-12-19(24-25(15)16-8-6-5-7-9-16)22(26)23-11-10-18-20(28-3)13-17(27-2)14-21(18)29-4/h5-9,12-14H,10-11H2,1-4H3,(H,23,26). The van der Waals surface area contributed by atoms with Gasteiger partial charge in [0, 0.05) is 29.9 Å². The van der Waals surface area contributed by atoms with Gasteiger partial charge in [-0.2, -0.15) is 5.10 Å². The molecule has 0 saturated carbocycles. The van der Waals surface area contributed by atoms with E-state index < -0.39 is 0 Å². The van der Waals surface area contributed by atoms with Gasteiger partial charge in [-0.25, -0.2) is 4.68 Å². The maximum atomic E-state index is 12.6. The van der Waals surface area contributed by atoms with Crippen molar-refractivity contribution in [2.45, 2.75) is 13.3 Å². The van der Waals surface area contributed by atoms with Gasteiger partial charge in [0.15, 0.2) is 5.69 Å². The number of hydrogen-bond acceptors (Lipinski definition) is 5. The second-order valence-electron chi connectivity index (χ2n) is 6.43. The van der Waals surface area contributed by atoms with Crippen LogP contribution in [0.5, 0.6) is 17.2 Å². The predicted octanol–water partition coefficient (Wildman–Crippen LogP) is 3.18. The van der Waals surface area contributed by atoms with Gasteiger partial charge in [0.05, 0.1) is 27.0 Å². The lowest BCUT2D eigenvalue weighted by Gasteiger charge is -2.15. The minimum absolute atomic E-state index is 0.228. The molecular formula is C22H25N3O4. The van der Waals surface area contributed by atoms with Crippen LogP contribution in [0.4, 0.5) is 0 Å². The zero-order valence-corrected chi connectivity index (χ0v) is 17.1. The number of rotatable bonds is 8.